The summed E-state index contributed by atoms with van der Waals surface area (Å²) in [6, 6.07) is 0.736. The first kappa shape index (κ1) is 32.3. The molecule has 3 N–H and O–H groups in total. The molecular formula is C35H65N3O2. The second-order valence-electron chi connectivity index (χ2n) is 15.0. The molecule has 4 aliphatic carbocycles. The molecule has 4 fully saturated rings. The molecule has 4 rings (SSSR count). The number of unbranched alkanes of at least 4 members (excludes halogenated alkanes) is 1. The molecule has 0 heterocycles. The van der Waals surface area contributed by atoms with Crippen LogP contribution in [0.4, 0.5) is 0 Å². The number of nitrogens with one attached hydrogen (secondary N) is 3. The van der Waals surface area contributed by atoms with E-state index in [9.17, 15) is 4.79 Å². The third kappa shape index (κ3) is 7.46. The maximum atomic E-state index is 11.8. The van der Waals surface area contributed by atoms with Crippen LogP contribution in [0.3, 0.4) is 0 Å². The van der Waals surface area contributed by atoms with E-state index in [2.05, 4.69) is 43.6 Å². The summed E-state index contributed by atoms with van der Waals surface area (Å²) >= 11 is 0. The molecule has 9 unspecified atom stereocenters. The molecule has 232 valence electrons. The minimum atomic E-state index is -0.0373. The van der Waals surface area contributed by atoms with Gasteiger partial charge in [-0.2, -0.15) is 0 Å². The second kappa shape index (κ2) is 15.2. The average Bonchev–Trinajstić information content (AvgIpc) is 3.31. The van der Waals surface area contributed by atoms with E-state index in [0.29, 0.717) is 23.2 Å². The molecule has 9 atom stereocenters. The van der Waals surface area contributed by atoms with Gasteiger partial charge in [-0.15, -0.1) is 0 Å². The Morgan fingerprint density at radius 2 is 1.55 bits per heavy atom. The lowest BCUT2D eigenvalue weighted by atomic mass is 9.44. The average molecular weight is 560 g/mol. The predicted molar refractivity (Wildman–Crippen MR) is 167 cm³/mol. The van der Waals surface area contributed by atoms with Crippen LogP contribution in [0.15, 0.2) is 0 Å². The van der Waals surface area contributed by atoms with Gasteiger partial charge in [-0.25, -0.2) is 0 Å². The Hall–Kier alpha value is -0.650. The first-order valence-corrected chi connectivity index (χ1v) is 17.5. The molecule has 0 amide bonds. The van der Waals surface area contributed by atoms with Crippen molar-refractivity contribution in [2.75, 3.05) is 39.8 Å². The lowest BCUT2D eigenvalue weighted by Crippen LogP contribution is -2.55. The first-order chi connectivity index (χ1) is 19.3. The molecule has 4 aliphatic rings. The Balaban J connectivity index is 1.19. The van der Waals surface area contributed by atoms with Crippen LogP contribution in [0.2, 0.25) is 0 Å². The third-order valence-corrected chi connectivity index (χ3v) is 12.8. The van der Waals surface area contributed by atoms with Crippen LogP contribution >= 0.6 is 0 Å². The Labute approximate surface area is 247 Å². The molecule has 0 aliphatic heterocycles. The SMILES string of the molecule is CCCNCCCCNCCCNC1CCC2(C)C(CCC3C2CCC2(C)C(C(C)CCC(=O)OC)CCC32)C1. The fraction of sp³-hybridized carbons (Fsp3) is 0.971. The summed E-state index contributed by atoms with van der Waals surface area (Å²) in [6.07, 6.45) is 19.4. The highest BCUT2D eigenvalue weighted by atomic mass is 16.5. The summed E-state index contributed by atoms with van der Waals surface area (Å²) in [5.74, 6) is 5.08. The zero-order chi connectivity index (χ0) is 28.6. The van der Waals surface area contributed by atoms with Crippen molar-refractivity contribution in [2.45, 2.75) is 130 Å². The number of methoxy groups -OCH3 is 1. The number of carbonyl (C=O) groups is 1. The minimum Gasteiger partial charge on any atom is -0.469 e. The van der Waals surface area contributed by atoms with Crippen molar-refractivity contribution in [1.82, 2.24) is 16.0 Å². The van der Waals surface area contributed by atoms with Crippen LogP contribution in [0.25, 0.3) is 0 Å². The van der Waals surface area contributed by atoms with E-state index >= 15 is 0 Å². The van der Waals surface area contributed by atoms with E-state index < -0.39 is 0 Å². The van der Waals surface area contributed by atoms with Crippen LogP contribution in [-0.4, -0.2) is 51.8 Å². The van der Waals surface area contributed by atoms with Gasteiger partial charge in [-0.1, -0.05) is 27.7 Å². The molecule has 40 heavy (non-hydrogen) atoms. The van der Waals surface area contributed by atoms with Crippen molar-refractivity contribution in [1.29, 1.82) is 0 Å². The van der Waals surface area contributed by atoms with Gasteiger partial charge in [0.1, 0.15) is 0 Å². The topological polar surface area (TPSA) is 62.4 Å². The summed E-state index contributed by atoms with van der Waals surface area (Å²) < 4.78 is 4.94. The molecule has 0 radical (unpaired) electrons. The molecule has 4 saturated carbocycles. The van der Waals surface area contributed by atoms with E-state index in [1.54, 1.807) is 0 Å². The van der Waals surface area contributed by atoms with Gasteiger partial charge in [0, 0.05) is 12.5 Å². The molecule has 0 aromatic carbocycles. The summed E-state index contributed by atoms with van der Waals surface area (Å²) in [5.41, 5.74) is 1.04. The highest BCUT2D eigenvalue weighted by molar-refractivity contribution is 5.69. The second-order valence-corrected chi connectivity index (χ2v) is 15.0. The summed E-state index contributed by atoms with van der Waals surface area (Å²) in [7, 11) is 1.52. The van der Waals surface area contributed by atoms with Crippen LogP contribution in [0.1, 0.15) is 124 Å². The van der Waals surface area contributed by atoms with Crippen molar-refractivity contribution >= 4 is 5.97 Å². The van der Waals surface area contributed by atoms with Crippen LogP contribution in [-0.2, 0) is 9.53 Å². The molecular weight excluding hydrogens is 494 g/mol. The Morgan fingerprint density at radius 3 is 2.30 bits per heavy atom. The van der Waals surface area contributed by atoms with Gasteiger partial charge in [-0.3, -0.25) is 4.79 Å². The maximum Gasteiger partial charge on any atom is 0.305 e. The zero-order valence-corrected chi connectivity index (χ0v) is 27.0. The smallest absolute Gasteiger partial charge is 0.305 e. The highest BCUT2D eigenvalue weighted by Gasteiger charge is 2.60. The van der Waals surface area contributed by atoms with Crippen LogP contribution in [0.5, 0.6) is 0 Å². The first-order valence-electron chi connectivity index (χ1n) is 17.5. The number of hydrogen-bond donors (Lipinski definition) is 3. The number of esters is 1. The number of carbonyl (C=O) groups excluding carboxylic acids is 1. The van der Waals surface area contributed by atoms with Crippen LogP contribution in [0, 0.1) is 46.3 Å². The molecule has 5 heteroatoms. The molecule has 0 bridgehead atoms. The van der Waals surface area contributed by atoms with E-state index in [4.69, 9.17) is 4.74 Å². The Morgan fingerprint density at radius 1 is 0.850 bits per heavy atom. The molecule has 0 aromatic rings. The van der Waals surface area contributed by atoms with Crippen molar-refractivity contribution in [3.63, 3.8) is 0 Å². The van der Waals surface area contributed by atoms with Gasteiger partial charge in [0.25, 0.3) is 0 Å². The van der Waals surface area contributed by atoms with Crippen LogP contribution < -0.4 is 16.0 Å². The minimum absolute atomic E-state index is 0.0373. The highest BCUT2D eigenvalue weighted by Crippen LogP contribution is 2.68. The van der Waals surface area contributed by atoms with Gasteiger partial charge in [0.2, 0.25) is 0 Å². The summed E-state index contributed by atoms with van der Waals surface area (Å²) in [6.45, 7) is 15.8. The quantitative estimate of drug-likeness (QED) is 0.141. The standard InChI is InChI=1S/C35H65N3O2/c1-6-20-36-21-7-8-22-37-23-9-24-38-28-16-18-34(3)27(25-28)11-12-29-31-14-13-30(26(2)10-15-33(39)40-5)35(31,4)19-17-32(29)34/h26-32,36-38H,6-25H2,1-5H3. The fourth-order valence-corrected chi connectivity index (χ4v) is 10.5. The van der Waals surface area contributed by atoms with Crippen molar-refractivity contribution in [3.8, 4) is 0 Å². The number of fused-ring (bicyclic) bond motifs is 5. The van der Waals surface area contributed by atoms with Gasteiger partial charge in [-0.05, 0) is 169 Å². The largest absolute Gasteiger partial charge is 0.469 e. The monoisotopic (exact) mass is 560 g/mol. The number of rotatable bonds is 16. The Bertz CT molecular complexity index is 776. The number of hydrogen-bond acceptors (Lipinski definition) is 5. The fourth-order valence-electron chi connectivity index (χ4n) is 10.5. The van der Waals surface area contributed by atoms with Gasteiger partial charge < -0.3 is 20.7 Å². The van der Waals surface area contributed by atoms with Crippen molar-refractivity contribution in [3.05, 3.63) is 0 Å². The lowest BCUT2D eigenvalue weighted by Gasteiger charge is -2.61. The van der Waals surface area contributed by atoms with Gasteiger partial charge in [0.15, 0.2) is 0 Å². The molecule has 0 aromatic heterocycles. The van der Waals surface area contributed by atoms with E-state index in [1.165, 1.54) is 104 Å². The van der Waals surface area contributed by atoms with E-state index in [0.717, 1.165) is 61.7 Å². The molecule has 5 nitrogen and oxygen atoms in total. The van der Waals surface area contributed by atoms with E-state index in [1.807, 2.05) is 0 Å². The normalized spacial score (nSPS) is 37.8. The molecule has 0 spiro atoms. The lowest BCUT2D eigenvalue weighted by molar-refractivity contribution is -0.141. The Kier molecular flexibility index (Phi) is 12.3. The predicted octanol–water partition coefficient (Wildman–Crippen LogP) is 6.95. The van der Waals surface area contributed by atoms with Gasteiger partial charge >= 0.3 is 5.97 Å². The van der Waals surface area contributed by atoms with Crippen molar-refractivity contribution in [2.24, 2.45) is 46.3 Å². The van der Waals surface area contributed by atoms with Crippen molar-refractivity contribution < 1.29 is 9.53 Å². The third-order valence-electron chi connectivity index (χ3n) is 12.8. The van der Waals surface area contributed by atoms with E-state index in [-0.39, 0.29) is 5.97 Å². The number of ether oxygens (including phenoxy) is 1. The molecule has 0 saturated heterocycles. The zero-order valence-electron chi connectivity index (χ0n) is 27.0. The summed E-state index contributed by atoms with van der Waals surface area (Å²) in [5, 5.41) is 11.1. The maximum absolute atomic E-state index is 11.8. The van der Waals surface area contributed by atoms with Gasteiger partial charge in [0.05, 0.1) is 7.11 Å². The summed E-state index contributed by atoms with van der Waals surface area (Å²) in [4.78, 5) is 11.8.